The number of hydrogen-bond acceptors (Lipinski definition) is 2. The van der Waals surface area contributed by atoms with E-state index in [2.05, 4.69) is 211 Å². The molecule has 0 saturated carbocycles. The minimum Gasteiger partial charge on any atom is -0.458 e. The molecule has 9 rings (SSSR count). The summed E-state index contributed by atoms with van der Waals surface area (Å²) in [5, 5.41) is 0. The maximum Gasteiger partial charge on any atom is 0.251 e. The number of rotatable bonds is 7. The van der Waals surface area contributed by atoms with Crippen molar-refractivity contribution in [3.05, 3.63) is 180 Å². The maximum atomic E-state index is 6.98. The van der Waals surface area contributed by atoms with Gasteiger partial charge in [0.15, 0.2) is 0 Å². The van der Waals surface area contributed by atoms with E-state index in [1.807, 2.05) is 0 Å². The molecule has 0 atom stereocenters. The predicted octanol–water partition coefficient (Wildman–Crippen LogP) is 13.1. The van der Waals surface area contributed by atoms with E-state index < -0.39 is 10.0 Å². The largest absolute Gasteiger partial charge is 0.458 e. The zero-order valence-electron chi connectivity index (χ0n) is 33.6. The summed E-state index contributed by atoms with van der Waals surface area (Å²) >= 11 is 0. The van der Waals surface area contributed by atoms with E-state index >= 15 is 0 Å². The van der Waals surface area contributed by atoms with Crippen LogP contribution in [0.4, 0.5) is 17.1 Å². The van der Waals surface area contributed by atoms with Crippen LogP contribution in [0.1, 0.15) is 81.5 Å². The number of anilines is 3. The number of nitrogens with zero attached hydrogens (tertiary/aromatic N) is 1. The quantitative estimate of drug-likeness (QED) is 0.151. The molecule has 2 nitrogen and oxygen atoms in total. The van der Waals surface area contributed by atoms with Gasteiger partial charge in [-0.25, -0.2) is 0 Å². The first-order valence-corrected chi connectivity index (χ1v) is 21.8. The van der Waals surface area contributed by atoms with Crippen LogP contribution in [0.5, 0.6) is 11.5 Å². The minimum absolute atomic E-state index is 0.0526. The molecule has 0 spiro atoms. The highest BCUT2D eigenvalue weighted by molar-refractivity contribution is 8.34. The molecule has 0 aliphatic carbocycles. The summed E-state index contributed by atoms with van der Waals surface area (Å²) in [6, 6.07) is 59.1. The van der Waals surface area contributed by atoms with Crippen LogP contribution in [0.25, 0.3) is 0 Å². The third-order valence-corrected chi connectivity index (χ3v) is 15.7. The van der Waals surface area contributed by atoms with E-state index in [9.17, 15) is 0 Å². The van der Waals surface area contributed by atoms with Gasteiger partial charge < -0.3 is 9.64 Å². The first-order chi connectivity index (χ1) is 27.2. The highest BCUT2D eigenvalue weighted by atomic mass is 32.3. The average Bonchev–Trinajstić information content (AvgIpc) is 3.22. The van der Waals surface area contributed by atoms with E-state index in [-0.39, 0.29) is 6.71 Å². The summed E-state index contributed by atoms with van der Waals surface area (Å²) in [5.41, 5.74) is 12.9. The van der Waals surface area contributed by atoms with Crippen LogP contribution >= 0.6 is 10.0 Å². The number of para-hydroxylation sites is 2. The van der Waals surface area contributed by atoms with Gasteiger partial charge in [0.1, 0.15) is 11.5 Å². The van der Waals surface area contributed by atoms with Crippen LogP contribution in [0.2, 0.25) is 0 Å². The van der Waals surface area contributed by atoms with Crippen LogP contribution in [-0.4, -0.2) is 6.71 Å². The highest BCUT2D eigenvalue weighted by Gasteiger charge is 2.43. The molecule has 4 heteroatoms. The van der Waals surface area contributed by atoms with Crippen LogP contribution in [0.3, 0.4) is 0 Å². The SMILES string of the molecule is Cc1ccc2c(c1)S(c1ccccc1)(c1ccccc1)c1ccccc1N2c1ccc2c(c1)Oc1ccccc1B2c1c(C(C)C)cc(C(C)C)cc1C(C)C. The van der Waals surface area contributed by atoms with Gasteiger partial charge in [-0.1, -0.05) is 138 Å². The van der Waals surface area contributed by atoms with E-state index in [1.54, 1.807) is 0 Å². The van der Waals surface area contributed by atoms with Crippen molar-refractivity contribution in [1.29, 1.82) is 0 Å². The average molecular weight is 748 g/mol. The molecule has 2 aliphatic heterocycles. The predicted molar refractivity (Wildman–Crippen MR) is 239 cm³/mol. The van der Waals surface area contributed by atoms with E-state index in [0.29, 0.717) is 17.8 Å². The Morgan fingerprint density at radius 1 is 0.500 bits per heavy atom. The van der Waals surface area contributed by atoms with Crippen molar-refractivity contribution in [1.82, 2.24) is 0 Å². The summed E-state index contributed by atoms with van der Waals surface area (Å²) < 4.78 is 6.98. The molecule has 2 heterocycles. The highest BCUT2D eigenvalue weighted by Crippen LogP contribution is 2.79. The molecular formula is C52H50BNOS. The number of ether oxygens (including phenoxy) is 1. The Morgan fingerprint density at radius 3 is 1.71 bits per heavy atom. The van der Waals surface area contributed by atoms with Crippen molar-refractivity contribution < 1.29 is 4.74 Å². The van der Waals surface area contributed by atoms with Crippen molar-refractivity contribution in [2.75, 3.05) is 4.90 Å². The lowest BCUT2D eigenvalue weighted by atomic mass is 9.34. The first kappa shape index (κ1) is 36.2. The number of hydrogen-bond donors (Lipinski definition) is 0. The van der Waals surface area contributed by atoms with Gasteiger partial charge >= 0.3 is 0 Å². The van der Waals surface area contributed by atoms with Crippen molar-refractivity contribution in [3.63, 3.8) is 0 Å². The number of benzene rings is 7. The lowest BCUT2D eigenvalue weighted by Crippen LogP contribution is -2.57. The van der Waals surface area contributed by atoms with Crippen LogP contribution in [-0.2, 0) is 0 Å². The lowest BCUT2D eigenvalue weighted by Gasteiger charge is -2.50. The smallest absolute Gasteiger partial charge is 0.251 e. The number of aryl methyl sites for hydroxylation is 1. The molecular weight excluding hydrogens is 697 g/mol. The summed E-state index contributed by atoms with van der Waals surface area (Å²) in [5.74, 6) is 3.07. The molecule has 0 unspecified atom stereocenters. The Bertz CT molecular complexity index is 2510. The Balaban J connectivity index is 1.29. The molecule has 0 N–H and O–H groups in total. The van der Waals surface area contributed by atoms with Gasteiger partial charge in [-0.05, 0) is 119 Å². The van der Waals surface area contributed by atoms with Crippen molar-refractivity contribution >= 4 is 50.2 Å². The monoisotopic (exact) mass is 747 g/mol. The van der Waals surface area contributed by atoms with Gasteiger partial charge in [0, 0.05) is 31.3 Å². The summed E-state index contributed by atoms with van der Waals surface area (Å²) in [6.07, 6.45) is 0. The molecule has 0 amide bonds. The zero-order chi connectivity index (χ0) is 38.7. The maximum absolute atomic E-state index is 6.98. The molecule has 2 aliphatic rings. The van der Waals surface area contributed by atoms with Crippen LogP contribution < -0.4 is 26.0 Å². The van der Waals surface area contributed by atoms with E-state index in [0.717, 1.165) is 17.2 Å². The molecule has 0 saturated heterocycles. The van der Waals surface area contributed by atoms with Gasteiger partial charge in [-0.2, -0.15) is 0 Å². The van der Waals surface area contributed by atoms with Crippen molar-refractivity contribution in [3.8, 4) is 11.5 Å². The van der Waals surface area contributed by atoms with E-state index in [1.165, 1.54) is 69.6 Å². The second-order valence-corrected chi connectivity index (χ2v) is 19.4. The Labute approximate surface area is 335 Å². The fourth-order valence-corrected chi connectivity index (χ4v) is 13.4. The standard InChI is InChI=1S/C52H50BNOS/c1-34(2)38-31-42(35(3)4)52(43(32-38)36(5)6)53-44-22-14-16-24-48(44)55-49-33-39(27-28-45(49)53)54-46-23-15-17-25-50(46)56(40-18-10-8-11-19-40,41-20-12-9-13-21-41)51-30-37(7)26-29-47(51)54/h8-36H,1-7H3. The molecule has 278 valence electrons. The summed E-state index contributed by atoms with van der Waals surface area (Å²) in [4.78, 5) is 7.85. The molecule has 0 fully saturated rings. The molecule has 7 aromatic rings. The van der Waals surface area contributed by atoms with Gasteiger partial charge in [0.2, 0.25) is 0 Å². The van der Waals surface area contributed by atoms with Crippen LogP contribution in [0.15, 0.2) is 177 Å². The second-order valence-electron chi connectivity index (χ2n) is 16.4. The first-order valence-electron chi connectivity index (χ1n) is 20.2. The van der Waals surface area contributed by atoms with Gasteiger partial charge in [0.05, 0.1) is 11.4 Å². The number of fused-ring (bicyclic) bond motifs is 4. The Hall–Kier alpha value is -5.45. The fourth-order valence-electron chi connectivity index (χ4n) is 9.11. The molecule has 0 radical (unpaired) electrons. The molecule has 7 aromatic carbocycles. The Kier molecular flexibility index (Phi) is 9.21. The lowest BCUT2D eigenvalue weighted by molar-refractivity contribution is 0.487. The summed E-state index contributed by atoms with van der Waals surface area (Å²) in [6.45, 7) is 16.3. The van der Waals surface area contributed by atoms with Gasteiger partial charge in [-0.15, -0.1) is 10.0 Å². The fraction of sp³-hybridized carbons (Fsp3) is 0.192. The molecule has 56 heavy (non-hydrogen) atoms. The van der Waals surface area contributed by atoms with Gasteiger partial charge in [-0.3, -0.25) is 0 Å². The summed E-state index contributed by atoms with van der Waals surface area (Å²) in [7, 11) is -1.85. The second kappa shape index (κ2) is 14.2. The molecule has 0 bridgehead atoms. The van der Waals surface area contributed by atoms with Crippen molar-refractivity contribution in [2.45, 2.75) is 85.8 Å². The topological polar surface area (TPSA) is 12.5 Å². The third-order valence-electron chi connectivity index (χ3n) is 11.8. The third kappa shape index (κ3) is 5.72. The van der Waals surface area contributed by atoms with Crippen LogP contribution in [0, 0.1) is 6.92 Å². The zero-order valence-corrected chi connectivity index (χ0v) is 34.4. The van der Waals surface area contributed by atoms with E-state index in [4.69, 9.17) is 4.74 Å². The Morgan fingerprint density at radius 2 is 1.07 bits per heavy atom. The molecule has 0 aromatic heterocycles. The van der Waals surface area contributed by atoms with Gasteiger partial charge in [0.25, 0.3) is 6.71 Å². The van der Waals surface area contributed by atoms with Crippen molar-refractivity contribution in [2.24, 2.45) is 0 Å². The normalized spacial score (nSPS) is 14.5. The minimum atomic E-state index is -1.85.